The van der Waals surface area contributed by atoms with Gasteiger partial charge in [-0.05, 0) is 42.7 Å². The van der Waals surface area contributed by atoms with E-state index in [2.05, 4.69) is 10.3 Å². The van der Waals surface area contributed by atoms with Crippen LogP contribution in [0.15, 0.2) is 36.5 Å². The van der Waals surface area contributed by atoms with E-state index in [4.69, 9.17) is 19.3 Å². The van der Waals surface area contributed by atoms with Crippen molar-refractivity contribution in [2.45, 2.75) is 18.3 Å². The van der Waals surface area contributed by atoms with E-state index < -0.39 is 5.97 Å². The Kier molecular flexibility index (Phi) is 4.87. The number of rotatable bonds is 5. The molecule has 0 saturated carbocycles. The van der Waals surface area contributed by atoms with Gasteiger partial charge in [0.05, 0.1) is 5.56 Å². The summed E-state index contributed by atoms with van der Waals surface area (Å²) in [5, 5.41) is 11.9. The molecule has 0 aliphatic carbocycles. The third-order valence-electron chi connectivity index (χ3n) is 5.27. The van der Waals surface area contributed by atoms with Crippen LogP contribution in [0.25, 0.3) is 0 Å². The van der Waals surface area contributed by atoms with Crippen LogP contribution in [0.2, 0.25) is 0 Å². The third kappa shape index (κ3) is 3.50. The summed E-state index contributed by atoms with van der Waals surface area (Å²) in [5.74, 6) is 0.00900. The molecule has 1 aromatic heterocycles. The first-order valence-corrected chi connectivity index (χ1v) is 9.03. The predicted octanol–water partition coefficient (Wildman–Crippen LogP) is 1.99. The monoisotopic (exact) mass is 384 g/mol. The van der Waals surface area contributed by atoms with Crippen molar-refractivity contribution in [3.05, 3.63) is 53.3 Å². The van der Waals surface area contributed by atoms with Gasteiger partial charge in [0.1, 0.15) is 5.69 Å². The van der Waals surface area contributed by atoms with Gasteiger partial charge in [0.2, 0.25) is 6.79 Å². The number of pyridine rings is 1. The number of benzene rings is 1. The zero-order chi connectivity index (χ0) is 19.6. The van der Waals surface area contributed by atoms with Gasteiger partial charge < -0.3 is 24.6 Å². The Morgan fingerprint density at radius 3 is 2.61 bits per heavy atom. The van der Waals surface area contributed by atoms with Crippen LogP contribution in [-0.4, -0.2) is 48.5 Å². The smallest absolute Gasteiger partial charge is 0.354 e. The van der Waals surface area contributed by atoms with Crippen molar-refractivity contribution >= 4 is 11.9 Å². The van der Waals surface area contributed by atoms with Gasteiger partial charge in [0.15, 0.2) is 11.5 Å². The molecule has 1 fully saturated rings. The maximum atomic E-state index is 12.6. The Bertz CT molecular complexity index is 890. The Morgan fingerprint density at radius 2 is 1.89 bits per heavy atom. The number of carboxylic acids is 1. The summed E-state index contributed by atoms with van der Waals surface area (Å²) in [6.07, 6.45) is 2.81. The van der Waals surface area contributed by atoms with E-state index in [1.807, 2.05) is 18.2 Å². The van der Waals surface area contributed by atoms with Crippen LogP contribution in [0.5, 0.6) is 11.5 Å². The molecule has 1 aromatic carbocycles. The second kappa shape index (κ2) is 7.47. The maximum Gasteiger partial charge on any atom is 0.354 e. The molecular weight excluding hydrogens is 364 g/mol. The van der Waals surface area contributed by atoms with Crippen molar-refractivity contribution in [1.29, 1.82) is 0 Å². The molecule has 28 heavy (non-hydrogen) atoms. The second-order valence-corrected chi connectivity index (χ2v) is 6.88. The molecule has 0 spiro atoms. The van der Waals surface area contributed by atoms with Gasteiger partial charge in [-0.25, -0.2) is 9.78 Å². The molecule has 1 amide bonds. The third-order valence-corrected chi connectivity index (χ3v) is 5.27. The normalized spacial score (nSPS) is 17.1. The van der Waals surface area contributed by atoms with Crippen molar-refractivity contribution in [3.63, 3.8) is 0 Å². The first-order valence-electron chi connectivity index (χ1n) is 9.03. The van der Waals surface area contributed by atoms with Crippen molar-refractivity contribution < 1.29 is 28.9 Å². The van der Waals surface area contributed by atoms with Crippen LogP contribution < -0.4 is 14.8 Å². The van der Waals surface area contributed by atoms with E-state index in [1.165, 1.54) is 18.3 Å². The van der Waals surface area contributed by atoms with Crippen molar-refractivity contribution in [1.82, 2.24) is 10.3 Å². The first-order chi connectivity index (χ1) is 13.6. The molecule has 4 rings (SSSR count). The summed E-state index contributed by atoms with van der Waals surface area (Å²) in [4.78, 5) is 27.3. The summed E-state index contributed by atoms with van der Waals surface area (Å²) in [7, 11) is 0. The Labute approximate surface area is 161 Å². The molecule has 3 heterocycles. The number of carboxylic acid groups (broad SMARTS) is 1. The van der Waals surface area contributed by atoms with Gasteiger partial charge >= 0.3 is 5.97 Å². The molecule has 8 nitrogen and oxygen atoms in total. The summed E-state index contributed by atoms with van der Waals surface area (Å²) in [6, 6.07) is 8.66. The van der Waals surface area contributed by atoms with Gasteiger partial charge in [0.25, 0.3) is 5.91 Å². The number of aromatic nitrogens is 1. The summed E-state index contributed by atoms with van der Waals surface area (Å²) in [5.41, 5.74) is 1.01. The maximum absolute atomic E-state index is 12.6. The number of aromatic carboxylic acids is 1. The van der Waals surface area contributed by atoms with E-state index in [1.54, 1.807) is 0 Å². The Balaban J connectivity index is 1.52. The second-order valence-electron chi connectivity index (χ2n) is 6.88. The van der Waals surface area contributed by atoms with E-state index in [-0.39, 0.29) is 23.8 Å². The average Bonchev–Trinajstić information content (AvgIpc) is 3.21. The number of nitrogens with one attached hydrogen (secondary N) is 1. The molecule has 0 radical (unpaired) electrons. The van der Waals surface area contributed by atoms with Crippen molar-refractivity contribution in [2.24, 2.45) is 0 Å². The average molecular weight is 384 g/mol. The minimum absolute atomic E-state index is 0.0993. The number of hydrogen-bond acceptors (Lipinski definition) is 6. The predicted molar refractivity (Wildman–Crippen MR) is 97.8 cm³/mol. The quantitative estimate of drug-likeness (QED) is 0.812. The number of amides is 1. The first kappa shape index (κ1) is 18.2. The van der Waals surface area contributed by atoms with Gasteiger partial charge in [-0.15, -0.1) is 0 Å². The SMILES string of the molecule is O=C(NCC1(c2ccc3c(c2)OCO3)CCOCC1)c1ccc(C(=O)O)nc1. The zero-order valence-corrected chi connectivity index (χ0v) is 15.1. The molecule has 2 aliphatic rings. The Morgan fingerprint density at radius 1 is 1.11 bits per heavy atom. The summed E-state index contributed by atoms with van der Waals surface area (Å²) in [6.45, 7) is 1.86. The number of nitrogens with zero attached hydrogens (tertiary/aromatic N) is 1. The number of hydrogen-bond donors (Lipinski definition) is 2. The van der Waals surface area contributed by atoms with Gasteiger partial charge in [-0.2, -0.15) is 0 Å². The fourth-order valence-electron chi connectivity index (χ4n) is 3.56. The molecule has 0 bridgehead atoms. The van der Waals surface area contributed by atoms with Crippen LogP contribution in [0.4, 0.5) is 0 Å². The Hall–Kier alpha value is -3.13. The standard InChI is InChI=1S/C20H20N2O6/c23-18(13-1-3-15(19(24)25)21-10-13)22-11-20(5-7-26-8-6-20)14-2-4-16-17(9-14)28-12-27-16/h1-4,9-10H,5-8,11-12H2,(H,22,23)(H,24,25). The molecule has 1 saturated heterocycles. The van der Waals surface area contributed by atoms with Crippen LogP contribution in [0, 0.1) is 0 Å². The fraction of sp³-hybridized carbons (Fsp3) is 0.350. The van der Waals surface area contributed by atoms with Gasteiger partial charge in [-0.3, -0.25) is 4.79 Å². The highest BCUT2D eigenvalue weighted by molar-refractivity contribution is 5.94. The minimum atomic E-state index is -1.13. The van der Waals surface area contributed by atoms with Crippen LogP contribution in [0.1, 0.15) is 39.3 Å². The number of carbonyl (C=O) groups excluding carboxylic acids is 1. The molecular formula is C20H20N2O6. The van der Waals surface area contributed by atoms with Crippen LogP contribution in [0.3, 0.4) is 0 Å². The lowest BCUT2D eigenvalue weighted by molar-refractivity contribution is 0.0486. The largest absolute Gasteiger partial charge is 0.477 e. The van der Waals surface area contributed by atoms with Crippen LogP contribution >= 0.6 is 0 Å². The van der Waals surface area contributed by atoms with E-state index >= 15 is 0 Å². The molecule has 8 heteroatoms. The van der Waals surface area contributed by atoms with Crippen molar-refractivity contribution in [2.75, 3.05) is 26.6 Å². The van der Waals surface area contributed by atoms with Crippen LogP contribution in [-0.2, 0) is 10.2 Å². The molecule has 0 unspecified atom stereocenters. The molecule has 146 valence electrons. The molecule has 2 aliphatic heterocycles. The van der Waals surface area contributed by atoms with E-state index in [9.17, 15) is 9.59 Å². The van der Waals surface area contributed by atoms with E-state index in [0.29, 0.717) is 31.1 Å². The van der Waals surface area contributed by atoms with Crippen molar-refractivity contribution in [3.8, 4) is 11.5 Å². The molecule has 2 N–H and O–H groups in total. The lowest BCUT2D eigenvalue weighted by Crippen LogP contribution is -2.44. The number of ether oxygens (including phenoxy) is 3. The molecule has 0 atom stereocenters. The lowest BCUT2D eigenvalue weighted by atomic mass is 9.74. The van der Waals surface area contributed by atoms with Gasteiger partial charge in [-0.1, -0.05) is 6.07 Å². The lowest BCUT2D eigenvalue weighted by Gasteiger charge is -2.38. The van der Waals surface area contributed by atoms with E-state index in [0.717, 1.165) is 24.2 Å². The highest BCUT2D eigenvalue weighted by Crippen LogP contribution is 2.40. The fourth-order valence-corrected chi connectivity index (χ4v) is 3.56. The zero-order valence-electron chi connectivity index (χ0n) is 15.1. The number of fused-ring (bicyclic) bond motifs is 1. The topological polar surface area (TPSA) is 107 Å². The summed E-state index contributed by atoms with van der Waals surface area (Å²) < 4.78 is 16.4. The highest BCUT2D eigenvalue weighted by Gasteiger charge is 2.36. The summed E-state index contributed by atoms with van der Waals surface area (Å²) >= 11 is 0. The minimum Gasteiger partial charge on any atom is -0.477 e. The number of carbonyl (C=O) groups is 2. The highest BCUT2D eigenvalue weighted by atomic mass is 16.7. The molecule has 2 aromatic rings. The van der Waals surface area contributed by atoms with Gasteiger partial charge in [0, 0.05) is 31.4 Å².